The Morgan fingerprint density at radius 3 is 2.45 bits per heavy atom. The van der Waals surface area contributed by atoms with Crippen LogP contribution in [-0.4, -0.2) is 5.11 Å². The maximum Gasteiger partial charge on any atom is 0.159 e. The molecule has 1 atom stereocenters. The van der Waals surface area contributed by atoms with Crippen molar-refractivity contribution in [1.82, 2.24) is 0 Å². The molecule has 0 amide bonds. The number of hydrogen-bond donors (Lipinski definition) is 1. The SMILES string of the molecule is CC(O)c1cc(F)ccc1OCc1ccc(F)c(F)c1. The van der Waals surface area contributed by atoms with Crippen LogP contribution in [0.5, 0.6) is 5.75 Å². The monoisotopic (exact) mass is 282 g/mol. The third-order valence-corrected chi connectivity index (χ3v) is 2.80. The van der Waals surface area contributed by atoms with Gasteiger partial charge in [0.15, 0.2) is 11.6 Å². The highest BCUT2D eigenvalue weighted by atomic mass is 19.2. The number of benzene rings is 2. The van der Waals surface area contributed by atoms with Gasteiger partial charge in [-0.1, -0.05) is 6.07 Å². The van der Waals surface area contributed by atoms with E-state index in [0.717, 1.165) is 12.1 Å². The smallest absolute Gasteiger partial charge is 0.159 e. The van der Waals surface area contributed by atoms with Crippen LogP contribution in [0.1, 0.15) is 24.2 Å². The van der Waals surface area contributed by atoms with Crippen molar-refractivity contribution in [3.63, 3.8) is 0 Å². The molecule has 0 aliphatic heterocycles. The van der Waals surface area contributed by atoms with Gasteiger partial charge < -0.3 is 9.84 Å². The van der Waals surface area contributed by atoms with Gasteiger partial charge in [-0.2, -0.15) is 0 Å². The Bertz CT molecular complexity index is 612. The van der Waals surface area contributed by atoms with Gasteiger partial charge >= 0.3 is 0 Å². The van der Waals surface area contributed by atoms with E-state index in [1.54, 1.807) is 0 Å². The topological polar surface area (TPSA) is 29.5 Å². The molecule has 0 aromatic heterocycles. The summed E-state index contributed by atoms with van der Waals surface area (Å²) in [6, 6.07) is 7.19. The predicted octanol–water partition coefficient (Wildman–Crippen LogP) is 3.74. The number of aliphatic hydroxyl groups excluding tert-OH is 1. The maximum absolute atomic E-state index is 13.1. The number of ether oxygens (including phenoxy) is 1. The van der Waals surface area contributed by atoms with E-state index in [-0.39, 0.29) is 6.61 Å². The Balaban J connectivity index is 2.16. The number of rotatable bonds is 4. The van der Waals surface area contributed by atoms with Crippen LogP contribution in [0.4, 0.5) is 13.2 Å². The molecular formula is C15H13F3O2. The molecule has 0 saturated carbocycles. The van der Waals surface area contributed by atoms with Crippen molar-refractivity contribution in [1.29, 1.82) is 0 Å². The van der Waals surface area contributed by atoms with Gasteiger partial charge in [-0.15, -0.1) is 0 Å². The van der Waals surface area contributed by atoms with Crippen LogP contribution >= 0.6 is 0 Å². The first-order chi connectivity index (χ1) is 9.47. The second-order valence-electron chi connectivity index (χ2n) is 4.40. The van der Waals surface area contributed by atoms with Crippen molar-refractivity contribution in [3.8, 4) is 5.75 Å². The van der Waals surface area contributed by atoms with E-state index in [1.807, 2.05) is 0 Å². The summed E-state index contributed by atoms with van der Waals surface area (Å²) < 4.78 is 44.4. The molecule has 0 spiro atoms. The summed E-state index contributed by atoms with van der Waals surface area (Å²) in [4.78, 5) is 0. The van der Waals surface area contributed by atoms with Gasteiger partial charge in [-0.05, 0) is 42.8 Å². The molecule has 0 bridgehead atoms. The first kappa shape index (κ1) is 14.4. The summed E-state index contributed by atoms with van der Waals surface area (Å²) in [5.41, 5.74) is 0.734. The Hall–Kier alpha value is -2.01. The fraction of sp³-hybridized carbons (Fsp3) is 0.200. The highest BCUT2D eigenvalue weighted by Gasteiger charge is 2.11. The summed E-state index contributed by atoms with van der Waals surface area (Å²) in [6.07, 6.45) is -0.898. The van der Waals surface area contributed by atoms with Crippen LogP contribution in [0, 0.1) is 17.5 Å². The Morgan fingerprint density at radius 2 is 1.80 bits per heavy atom. The largest absolute Gasteiger partial charge is 0.489 e. The second-order valence-corrected chi connectivity index (χ2v) is 4.40. The third-order valence-electron chi connectivity index (χ3n) is 2.80. The molecule has 2 rings (SSSR count). The standard InChI is InChI=1S/C15H13F3O2/c1-9(19)12-7-11(16)3-5-15(12)20-8-10-2-4-13(17)14(18)6-10/h2-7,9,19H,8H2,1H3. The molecule has 0 fully saturated rings. The number of hydrogen-bond acceptors (Lipinski definition) is 2. The average Bonchev–Trinajstić information content (AvgIpc) is 2.41. The molecular weight excluding hydrogens is 269 g/mol. The molecule has 2 aromatic carbocycles. The predicted molar refractivity (Wildman–Crippen MR) is 67.7 cm³/mol. The molecule has 0 aliphatic carbocycles. The van der Waals surface area contributed by atoms with Gasteiger partial charge in [0.1, 0.15) is 18.2 Å². The van der Waals surface area contributed by atoms with Crippen molar-refractivity contribution in [2.45, 2.75) is 19.6 Å². The van der Waals surface area contributed by atoms with Crippen molar-refractivity contribution < 1.29 is 23.0 Å². The van der Waals surface area contributed by atoms with Crippen LogP contribution in [0.3, 0.4) is 0 Å². The van der Waals surface area contributed by atoms with E-state index in [9.17, 15) is 18.3 Å². The molecule has 1 unspecified atom stereocenters. The van der Waals surface area contributed by atoms with Crippen LogP contribution in [0.15, 0.2) is 36.4 Å². The highest BCUT2D eigenvalue weighted by Crippen LogP contribution is 2.26. The average molecular weight is 282 g/mol. The lowest BCUT2D eigenvalue weighted by molar-refractivity contribution is 0.189. The summed E-state index contributed by atoms with van der Waals surface area (Å²) in [6.45, 7) is 1.47. The third kappa shape index (κ3) is 3.30. The zero-order valence-electron chi connectivity index (χ0n) is 10.7. The summed E-state index contributed by atoms with van der Waals surface area (Å²) >= 11 is 0. The molecule has 20 heavy (non-hydrogen) atoms. The first-order valence-corrected chi connectivity index (χ1v) is 6.01. The fourth-order valence-corrected chi connectivity index (χ4v) is 1.77. The number of aliphatic hydroxyl groups is 1. The van der Waals surface area contributed by atoms with Gasteiger partial charge in [0.2, 0.25) is 0 Å². The van der Waals surface area contributed by atoms with Crippen LogP contribution in [0.2, 0.25) is 0 Å². The van der Waals surface area contributed by atoms with Gasteiger partial charge in [0.25, 0.3) is 0 Å². The van der Waals surface area contributed by atoms with E-state index in [1.165, 1.54) is 31.2 Å². The Kier molecular flexibility index (Phi) is 4.29. The Morgan fingerprint density at radius 1 is 1.05 bits per heavy atom. The maximum atomic E-state index is 13.1. The molecule has 2 aromatic rings. The van der Waals surface area contributed by atoms with Crippen molar-refractivity contribution >= 4 is 0 Å². The molecule has 0 heterocycles. The van der Waals surface area contributed by atoms with Gasteiger partial charge in [-0.3, -0.25) is 0 Å². The van der Waals surface area contributed by atoms with Crippen LogP contribution < -0.4 is 4.74 Å². The van der Waals surface area contributed by atoms with E-state index >= 15 is 0 Å². The van der Waals surface area contributed by atoms with E-state index in [2.05, 4.69) is 0 Å². The zero-order chi connectivity index (χ0) is 14.7. The lowest BCUT2D eigenvalue weighted by atomic mass is 10.1. The van der Waals surface area contributed by atoms with Gasteiger partial charge in [0, 0.05) is 5.56 Å². The van der Waals surface area contributed by atoms with Gasteiger partial charge in [0.05, 0.1) is 6.10 Å². The molecule has 0 radical (unpaired) electrons. The second kappa shape index (κ2) is 5.96. The van der Waals surface area contributed by atoms with Crippen LogP contribution in [0.25, 0.3) is 0 Å². The fourth-order valence-electron chi connectivity index (χ4n) is 1.77. The van der Waals surface area contributed by atoms with E-state index in [0.29, 0.717) is 16.9 Å². The number of halogens is 3. The molecule has 0 saturated heterocycles. The summed E-state index contributed by atoms with van der Waals surface area (Å²) in [5.74, 6) is -2.08. The summed E-state index contributed by atoms with van der Waals surface area (Å²) in [5, 5.41) is 9.55. The molecule has 5 heteroatoms. The van der Waals surface area contributed by atoms with Crippen molar-refractivity contribution in [2.75, 3.05) is 0 Å². The Labute approximate surface area is 114 Å². The molecule has 1 N–H and O–H groups in total. The molecule has 0 aliphatic rings. The molecule has 2 nitrogen and oxygen atoms in total. The minimum absolute atomic E-state index is 0.0114. The van der Waals surface area contributed by atoms with E-state index in [4.69, 9.17) is 4.74 Å². The minimum Gasteiger partial charge on any atom is -0.489 e. The summed E-state index contributed by atoms with van der Waals surface area (Å²) in [7, 11) is 0. The minimum atomic E-state index is -0.957. The normalized spacial score (nSPS) is 12.2. The molecule has 106 valence electrons. The van der Waals surface area contributed by atoms with Crippen molar-refractivity contribution in [3.05, 3.63) is 65.0 Å². The highest BCUT2D eigenvalue weighted by molar-refractivity contribution is 5.35. The quantitative estimate of drug-likeness (QED) is 0.925. The first-order valence-electron chi connectivity index (χ1n) is 6.01. The van der Waals surface area contributed by atoms with Crippen molar-refractivity contribution in [2.24, 2.45) is 0 Å². The zero-order valence-corrected chi connectivity index (χ0v) is 10.7. The van der Waals surface area contributed by atoms with Crippen LogP contribution in [-0.2, 0) is 6.61 Å². The van der Waals surface area contributed by atoms with E-state index < -0.39 is 23.6 Å². The lowest BCUT2D eigenvalue weighted by Crippen LogP contribution is -2.02. The lowest BCUT2D eigenvalue weighted by Gasteiger charge is -2.13. The van der Waals surface area contributed by atoms with Gasteiger partial charge in [-0.25, -0.2) is 13.2 Å².